The molecule has 0 unspecified atom stereocenters. The number of alkyl halides is 1. The first-order valence-corrected chi connectivity index (χ1v) is 13.3. The number of hydrogen-bond acceptors (Lipinski definition) is 3. The summed E-state index contributed by atoms with van der Waals surface area (Å²) in [5.74, 6) is 3.99. The number of methoxy groups -OCH3 is 1. The SMILES string of the molecule is COC(=O)CC[C@@H](C)[C@H]1CC[C@H]2[C@@H]3C[C@@H](O)[C@@]4(Br)C[C@@H](C)CC[C@]4(C)[C@H]3CC[C@]12C. The van der Waals surface area contributed by atoms with Crippen molar-refractivity contribution in [1.29, 1.82) is 0 Å². The van der Waals surface area contributed by atoms with Crippen LogP contribution in [0.4, 0.5) is 0 Å². The Morgan fingerprint density at radius 1 is 1.17 bits per heavy atom. The minimum Gasteiger partial charge on any atom is -0.469 e. The molecule has 4 rings (SSSR count). The minimum atomic E-state index is -0.232. The summed E-state index contributed by atoms with van der Waals surface area (Å²) in [6.07, 6.45) is 11.1. The van der Waals surface area contributed by atoms with Crippen molar-refractivity contribution >= 4 is 21.9 Å². The Balaban J connectivity index is 1.55. The van der Waals surface area contributed by atoms with E-state index in [2.05, 4.69) is 43.6 Å². The monoisotopic (exact) mass is 482 g/mol. The molecular weight excluding hydrogens is 440 g/mol. The average Bonchev–Trinajstić information content (AvgIpc) is 3.06. The predicted molar refractivity (Wildman–Crippen MR) is 124 cm³/mol. The lowest BCUT2D eigenvalue weighted by molar-refractivity contribution is -0.148. The van der Waals surface area contributed by atoms with Gasteiger partial charge in [-0.1, -0.05) is 50.0 Å². The number of hydrogen-bond donors (Lipinski definition) is 1. The summed E-state index contributed by atoms with van der Waals surface area (Å²) < 4.78 is 4.79. The van der Waals surface area contributed by atoms with Crippen LogP contribution in [0.2, 0.25) is 0 Å². The first-order valence-electron chi connectivity index (χ1n) is 12.5. The van der Waals surface area contributed by atoms with E-state index in [0.717, 1.165) is 31.1 Å². The van der Waals surface area contributed by atoms with Gasteiger partial charge in [-0.15, -0.1) is 0 Å². The highest BCUT2D eigenvalue weighted by Gasteiger charge is 2.66. The quantitative estimate of drug-likeness (QED) is 0.374. The molecule has 4 aliphatic rings. The molecule has 0 aromatic rings. The molecule has 0 bridgehead atoms. The van der Waals surface area contributed by atoms with E-state index in [9.17, 15) is 9.90 Å². The molecule has 0 spiro atoms. The number of halogens is 1. The molecule has 0 saturated heterocycles. The van der Waals surface area contributed by atoms with Crippen LogP contribution in [0.1, 0.15) is 91.9 Å². The Labute approximate surface area is 192 Å². The number of carbonyl (C=O) groups is 1. The predicted octanol–water partition coefficient (Wildman–Crippen LogP) is 6.36. The topological polar surface area (TPSA) is 46.5 Å². The number of fused-ring (bicyclic) bond motifs is 5. The van der Waals surface area contributed by atoms with Gasteiger partial charge >= 0.3 is 5.97 Å². The van der Waals surface area contributed by atoms with Crippen molar-refractivity contribution in [1.82, 2.24) is 0 Å². The van der Waals surface area contributed by atoms with Gasteiger partial charge in [-0.05, 0) is 97.7 Å². The molecule has 0 aromatic carbocycles. The van der Waals surface area contributed by atoms with E-state index in [1.54, 1.807) is 0 Å². The van der Waals surface area contributed by atoms with Crippen LogP contribution in [0.3, 0.4) is 0 Å². The van der Waals surface area contributed by atoms with Crippen molar-refractivity contribution in [2.24, 2.45) is 46.3 Å². The summed E-state index contributed by atoms with van der Waals surface area (Å²) >= 11 is 4.16. The van der Waals surface area contributed by atoms with Crippen molar-refractivity contribution in [2.75, 3.05) is 7.11 Å². The molecule has 4 heteroatoms. The van der Waals surface area contributed by atoms with Gasteiger partial charge in [0.1, 0.15) is 0 Å². The zero-order valence-electron chi connectivity index (χ0n) is 19.8. The van der Waals surface area contributed by atoms with Gasteiger partial charge in [0.15, 0.2) is 0 Å². The highest BCUT2D eigenvalue weighted by molar-refractivity contribution is 9.10. The maximum Gasteiger partial charge on any atom is 0.305 e. The van der Waals surface area contributed by atoms with E-state index in [1.807, 2.05) is 0 Å². The van der Waals surface area contributed by atoms with Crippen molar-refractivity contribution in [3.63, 3.8) is 0 Å². The second-order valence-electron chi connectivity index (χ2n) is 12.1. The molecule has 4 aliphatic carbocycles. The van der Waals surface area contributed by atoms with Gasteiger partial charge in [0.25, 0.3) is 0 Å². The number of aliphatic hydroxyl groups is 1. The van der Waals surface area contributed by atoms with Crippen molar-refractivity contribution < 1.29 is 14.6 Å². The Morgan fingerprint density at radius 2 is 1.90 bits per heavy atom. The van der Waals surface area contributed by atoms with E-state index >= 15 is 0 Å². The second-order valence-corrected chi connectivity index (χ2v) is 13.5. The third-order valence-corrected chi connectivity index (χ3v) is 12.6. The molecule has 0 aliphatic heterocycles. The van der Waals surface area contributed by atoms with Crippen LogP contribution in [-0.4, -0.2) is 28.6 Å². The number of esters is 1. The van der Waals surface area contributed by atoms with Crippen LogP contribution in [0.15, 0.2) is 0 Å². The zero-order valence-corrected chi connectivity index (χ0v) is 21.3. The lowest BCUT2D eigenvalue weighted by atomic mass is 9.43. The Hall–Kier alpha value is -0.0900. The van der Waals surface area contributed by atoms with Gasteiger partial charge in [-0.25, -0.2) is 0 Å². The highest BCUT2D eigenvalue weighted by atomic mass is 79.9. The van der Waals surface area contributed by atoms with Crippen LogP contribution < -0.4 is 0 Å². The van der Waals surface area contributed by atoms with Crippen LogP contribution in [-0.2, 0) is 9.53 Å². The molecule has 0 heterocycles. The Bertz CT molecular complexity index is 667. The fraction of sp³-hybridized carbons (Fsp3) is 0.962. The number of rotatable bonds is 4. The van der Waals surface area contributed by atoms with Crippen molar-refractivity contribution in [2.45, 2.75) is 102 Å². The number of ether oxygens (including phenoxy) is 1. The summed E-state index contributed by atoms with van der Waals surface area (Å²) in [7, 11) is 1.49. The van der Waals surface area contributed by atoms with E-state index < -0.39 is 0 Å². The average molecular weight is 484 g/mol. The second kappa shape index (κ2) is 8.04. The molecule has 0 radical (unpaired) electrons. The lowest BCUT2D eigenvalue weighted by Gasteiger charge is -2.66. The summed E-state index contributed by atoms with van der Waals surface area (Å²) in [6.45, 7) is 9.77. The molecule has 172 valence electrons. The summed E-state index contributed by atoms with van der Waals surface area (Å²) in [5, 5.41) is 11.4. The summed E-state index contributed by atoms with van der Waals surface area (Å²) in [6, 6.07) is 0. The summed E-state index contributed by atoms with van der Waals surface area (Å²) in [5.41, 5.74) is 0.568. The van der Waals surface area contributed by atoms with Gasteiger partial charge in [0, 0.05) is 6.42 Å². The van der Waals surface area contributed by atoms with Crippen LogP contribution >= 0.6 is 15.9 Å². The number of aliphatic hydroxyl groups excluding tert-OH is 1. The van der Waals surface area contributed by atoms with E-state index in [0.29, 0.717) is 35.5 Å². The third kappa shape index (κ3) is 3.33. The minimum absolute atomic E-state index is 0.0752. The van der Waals surface area contributed by atoms with Crippen LogP contribution in [0.5, 0.6) is 0 Å². The molecule has 30 heavy (non-hydrogen) atoms. The number of carbonyl (C=O) groups excluding carboxylic acids is 1. The molecular formula is C26H43BrO3. The van der Waals surface area contributed by atoms with Gasteiger partial charge < -0.3 is 9.84 Å². The molecule has 10 atom stereocenters. The maximum absolute atomic E-state index is 11.7. The smallest absolute Gasteiger partial charge is 0.305 e. The molecule has 0 amide bonds. The fourth-order valence-corrected chi connectivity index (χ4v) is 10.3. The molecule has 4 fully saturated rings. The van der Waals surface area contributed by atoms with Crippen LogP contribution in [0.25, 0.3) is 0 Å². The lowest BCUT2D eigenvalue weighted by Crippen LogP contribution is -2.65. The van der Waals surface area contributed by atoms with Crippen molar-refractivity contribution in [3.8, 4) is 0 Å². The van der Waals surface area contributed by atoms with Gasteiger partial charge in [0.2, 0.25) is 0 Å². The largest absolute Gasteiger partial charge is 0.469 e. The van der Waals surface area contributed by atoms with Crippen LogP contribution in [0, 0.1) is 46.3 Å². The Morgan fingerprint density at radius 3 is 2.60 bits per heavy atom. The van der Waals surface area contributed by atoms with Gasteiger partial charge in [0.05, 0.1) is 17.5 Å². The van der Waals surface area contributed by atoms with Gasteiger partial charge in [-0.3, -0.25) is 4.79 Å². The van der Waals surface area contributed by atoms with Crippen molar-refractivity contribution in [3.05, 3.63) is 0 Å². The molecule has 0 aromatic heterocycles. The zero-order chi connectivity index (χ0) is 21.9. The highest BCUT2D eigenvalue weighted by Crippen LogP contribution is 2.71. The molecule has 3 nitrogen and oxygen atoms in total. The summed E-state index contributed by atoms with van der Waals surface area (Å²) in [4.78, 5) is 11.7. The molecule has 4 saturated carbocycles. The first kappa shape index (κ1) is 23.1. The standard InChI is InChI=1S/C26H43BrO3/c1-16-10-13-25(4)21-11-12-24(3)19(17(2)6-9-23(29)30-5)7-8-20(24)18(21)14-22(28)26(25,27)15-16/h16-22,28H,6-15H2,1-5H3/t16-,17+,18-,19+,20-,21-,22+,24+,25+,26-/m0/s1. The maximum atomic E-state index is 11.7. The fourth-order valence-electron chi connectivity index (χ4n) is 9.08. The van der Waals surface area contributed by atoms with E-state index in [4.69, 9.17) is 4.74 Å². The third-order valence-electron chi connectivity index (χ3n) is 10.8. The van der Waals surface area contributed by atoms with Gasteiger partial charge in [-0.2, -0.15) is 0 Å². The molecule has 1 N–H and O–H groups in total. The van der Waals surface area contributed by atoms with E-state index in [-0.39, 0.29) is 21.8 Å². The van der Waals surface area contributed by atoms with E-state index in [1.165, 1.54) is 45.6 Å². The normalized spacial score (nSPS) is 51.4. The Kier molecular flexibility index (Phi) is 6.19. The first-order chi connectivity index (χ1) is 14.1.